The summed E-state index contributed by atoms with van der Waals surface area (Å²) < 4.78 is 5.12. The van der Waals surface area contributed by atoms with Crippen molar-refractivity contribution in [2.24, 2.45) is 7.05 Å². The summed E-state index contributed by atoms with van der Waals surface area (Å²) in [6, 6.07) is 5.70. The van der Waals surface area contributed by atoms with Gasteiger partial charge < -0.3 is 9.67 Å². The van der Waals surface area contributed by atoms with Gasteiger partial charge in [0.25, 0.3) is 0 Å². The summed E-state index contributed by atoms with van der Waals surface area (Å²) >= 11 is 1.55. The second-order valence-corrected chi connectivity index (χ2v) is 8.20. The summed E-state index contributed by atoms with van der Waals surface area (Å²) in [7, 11) is 1.71. The van der Waals surface area contributed by atoms with E-state index in [-0.39, 0.29) is 17.4 Å². The monoisotopic (exact) mass is 424 g/mol. The Hall–Kier alpha value is -3.24. The van der Waals surface area contributed by atoms with Crippen LogP contribution in [0.25, 0.3) is 16.9 Å². The maximum Gasteiger partial charge on any atom is 0.354 e. The Morgan fingerprint density at radius 3 is 2.93 bits per heavy atom. The van der Waals surface area contributed by atoms with Gasteiger partial charge in [0.2, 0.25) is 0 Å². The molecule has 1 unspecified atom stereocenters. The molecule has 0 saturated carbocycles. The highest BCUT2D eigenvalue weighted by Crippen LogP contribution is 2.26. The van der Waals surface area contributed by atoms with E-state index in [0.717, 1.165) is 24.2 Å². The summed E-state index contributed by atoms with van der Waals surface area (Å²) in [6.07, 6.45) is 3.91. The van der Waals surface area contributed by atoms with Crippen molar-refractivity contribution in [1.29, 1.82) is 0 Å². The van der Waals surface area contributed by atoms with Crippen molar-refractivity contribution in [3.8, 4) is 5.69 Å². The van der Waals surface area contributed by atoms with Crippen LogP contribution in [0.3, 0.4) is 0 Å². The number of carbonyl (C=O) groups is 1. The molecule has 0 aromatic carbocycles. The lowest BCUT2D eigenvalue weighted by atomic mass is 10.2. The average molecular weight is 424 g/mol. The molecule has 1 aliphatic heterocycles. The van der Waals surface area contributed by atoms with Gasteiger partial charge in [-0.05, 0) is 30.0 Å². The van der Waals surface area contributed by atoms with Crippen molar-refractivity contribution >= 4 is 28.5 Å². The molecule has 0 bridgehead atoms. The Morgan fingerprint density at radius 2 is 2.20 bits per heavy atom. The van der Waals surface area contributed by atoms with Crippen LogP contribution in [-0.2, 0) is 13.6 Å². The molecule has 1 saturated heterocycles. The fourth-order valence-electron chi connectivity index (χ4n) is 4.17. The number of rotatable bonds is 5. The quantitative estimate of drug-likeness (QED) is 0.527. The molecular weight excluding hydrogens is 404 g/mol. The largest absolute Gasteiger partial charge is 0.477 e. The Morgan fingerprint density at radius 1 is 1.33 bits per heavy atom. The van der Waals surface area contributed by atoms with Crippen molar-refractivity contribution in [3.05, 3.63) is 63.4 Å². The molecule has 0 radical (unpaired) electrons. The van der Waals surface area contributed by atoms with Crippen LogP contribution in [0, 0.1) is 0 Å². The van der Waals surface area contributed by atoms with Crippen LogP contribution < -0.4 is 5.69 Å². The number of aromatic carboxylic acids is 1. The van der Waals surface area contributed by atoms with E-state index < -0.39 is 5.97 Å². The molecule has 0 spiro atoms. The summed E-state index contributed by atoms with van der Waals surface area (Å²) in [4.78, 5) is 35.6. The minimum Gasteiger partial charge on any atom is -0.477 e. The van der Waals surface area contributed by atoms with Gasteiger partial charge in [-0.15, -0.1) is 0 Å². The number of carboxylic acids is 1. The van der Waals surface area contributed by atoms with Crippen molar-refractivity contribution in [2.45, 2.75) is 19.0 Å². The number of likely N-dealkylation sites (tertiary alicyclic amines) is 1. The van der Waals surface area contributed by atoms with E-state index in [2.05, 4.69) is 14.9 Å². The molecule has 4 aromatic rings. The normalized spacial score (nSPS) is 17.2. The minimum atomic E-state index is -0.991. The third kappa shape index (κ3) is 2.96. The highest BCUT2D eigenvalue weighted by atomic mass is 32.1. The minimum absolute atomic E-state index is 0.00556. The number of hydrogen-bond acceptors (Lipinski definition) is 6. The molecule has 4 aromatic heterocycles. The topological polar surface area (TPSA) is 98.2 Å². The van der Waals surface area contributed by atoms with Crippen LogP contribution in [-0.4, -0.2) is 52.7 Å². The lowest BCUT2D eigenvalue weighted by Crippen LogP contribution is -2.29. The zero-order valence-electron chi connectivity index (χ0n) is 16.3. The van der Waals surface area contributed by atoms with Gasteiger partial charge in [-0.3, -0.25) is 14.0 Å². The van der Waals surface area contributed by atoms with Gasteiger partial charge in [0, 0.05) is 31.7 Å². The number of aromatic nitrogens is 5. The number of hydrogen-bond donors (Lipinski definition) is 1. The average Bonchev–Trinajstić information content (AvgIpc) is 3.49. The number of carboxylic acid groups (broad SMARTS) is 1. The predicted octanol–water partition coefficient (Wildman–Crippen LogP) is 2.13. The number of nitrogens with zero attached hydrogens (tertiary/aromatic N) is 6. The second-order valence-electron chi connectivity index (χ2n) is 7.42. The molecule has 154 valence electrons. The fraction of sp³-hybridized carbons (Fsp3) is 0.300. The Bertz CT molecular complexity index is 1290. The molecule has 10 heteroatoms. The smallest absolute Gasteiger partial charge is 0.354 e. The van der Waals surface area contributed by atoms with Crippen LogP contribution >= 0.6 is 11.3 Å². The molecule has 5 heterocycles. The Balaban J connectivity index is 1.46. The van der Waals surface area contributed by atoms with Gasteiger partial charge in [-0.2, -0.15) is 11.3 Å². The fourth-order valence-corrected chi connectivity index (χ4v) is 4.79. The zero-order valence-corrected chi connectivity index (χ0v) is 17.1. The maximum atomic E-state index is 13.4. The van der Waals surface area contributed by atoms with Crippen LogP contribution in [0.4, 0.5) is 0 Å². The van der Waals surface area contributed by atoms with Crippen molar-refractivity contribution < 1.29 is 9.90 Å². The summed E-state index contributed by atoms with van der Waals surface area (Å²) in [5, 5.41) is 13.1. The van der Waals surface area contributed by atoms with Crippen LogP contribution in [0.15, 0.2) is 46.1 Å². The van der Waals surface area contributed by atoms with Crippen LogP contribution in [0.5, 0.6) is 0 Å². The molecular formula is C20H20N6O3S. The van der Waals surface area contributed by atoms with Gasteiger partial charge in [-0.1, -0.05) is 0 Å². The zero-order chi connectivity index (χ0) is 20.8. The first kappa shape index (κ1) is 18.8. The SMILES string of the molecule is Cn1c(C(=O)O)cnc1CN1CCC(n2c(=O)n(-c3ccsc3)c3cccnc32)C1. The molecule has 0 aliphatic carbocycles. The van der Waals surface area contributed by atoms with Gasteiger partial charge >= 0.3 is 11.7 Å². The van der Waals surface area contributed by atoms with Crippen molar-refractivity contribution in [3.63, 3.8) is 0 Å². The summed E-state index contributed by atoms with van der Waals surface area (Å²) in [5.74, 6) is -0.298. The van der Waals surface area contributed by atoms with Gasteiger partial charge in [-0.25, -0.2) is 19.6 Å². The molecule has 0 amide bonds. The first-order chi connectivity index (χ1) is 14.5. The standard InChI is InChI=1S/C20H20N6O3S/c1-23-16(19(27)28)9-22-17(23)11-24-7-4-13(10-24)26-18-15(3-2-6-21-18)25(20(26)29)14-5-8-30-12-14/h2-3,5-6,8-9,12-13H,4,7,10-11H2,1H3,(H,27,28). The van der Waals surface area contributed by atoms with E-state index in [1.54, 1.807) is 38.3 Å². The summed E-state index contributed by atoms with van der Waals surface area (Å²) in [5.41, 5.74) is 2.42. The van der Waals surface area contributed by atoms with E-state index in [1.807, 2.05) is 29.0 Å². The van der Waals surface area contributed by atoms with Gasteiger partial charge in [0.1, 0.15) is 11.5 Å². The number of imidazole rings is 2. The first-order valence-corrected chi connectivity index (χ1v) is 10.6. The lowest BCUT2D eigenvalue weighted by molar-refractivity contribution is 0.0686. The predicted molar refractivity (Wildman–Crippen MR) is 112 cm³/mol. The Labute approximate surface area is 175 Å². The number of fused-ring (bicyclic) bond motifs is 1. The second kappa shape index (κ2) is 7.22. The highest BCUT2D eigenvalue weighted by molar-refractivity contribution is 7.08. The number of thiophene rings is 1. The van der Waals surface area contributed by atoms with E-state index in [4.69, 9.17) is 0 Å². The molecule has 5 rings (SSSR count). The lowest BCUT2D eigenvalue weighted by Gasteiger charge is -2.16. The van der Waals surface area contributed by atoms with Gasteiger partial charge in [0.05, 0.1) is 30.0 Å². The van der Waals surface area contributed by atoms with E-state index in [0.29, 0.717) is 24.6 Å². The van der Waals surface area contributed by atoms with E-state index in [9.17, 15) is 14.7 Å². The summed E-state index contributed by atoms with van der Waals surface area (Å²) in [6.45, 7) is 2.00. The van der Waals surface area contributed by atoms with E-state index in [1.165, 1.54) is 6.20 Å². The highest BCUT2D eigenvalue weighted by Gasteiger charge is 2.29. The molecule has 30 heavy (non-hydrogen) atoms. The molecule has 1 fully saturated rings. The third-order valence-electron chi connectivity index (χ3n) is 5.68. The van der Waals surface area contributed by atoms with Crippen molar-refractivity contribution in [1.82, 2.24) is 28.6 Å². The van der Waals surface area contributed by atoms with Crippen LogP contribution in [0.1, 0.15) is 28.8 Å². The first-order valence-electron chi connectivity index (χ1n) is 9.61. The third-order valence-corrected chi connectivity index (χ3v) is 6.35. The number of pyridine rings is 1. The molecule has 9 nitrogen and oxygen atoms in total. The van der Waals surface area contributed by atoms with Gasteiger partial charge in [0.15, 0.2) is 5.65 Å². The molecule has 1 N–H and O–H groups in total. The van der Waals surface area contributed by atoms with Crippen LogP contribution in [0.2, 0.25) is 0 Å². The molecule has 1 aliphatic rings. The van der Waals surface area contributed by atoms with E-state index >= 15 is 0 Å². The van der Waals surface area contributed by atoms with Crippen molar-refractivity contribution in [2.75, 3.05) is 13.1 Å². The maximum absolute atomic E-state index is 13.4. The Kier molecular flexibility index (Phi) is 4.52. The molecule has 1 atom stereocenters.